The minimum absolute atomic E-state index is 0.0643. The van der Waals surface area contributed by atoms with Crippen molar-refractivity contribution in [3.05, 3.63) is 53.2 Å². The van der Waals surface area contributed by atoms with Crippen LogP contribution in [0.25, 0.3) is 11.7 Å². The van der Waals surface area contributed by atoms with Crippen LogP contribution < -0.4 is 21.7 Å². The molecule has 0 unspecified atom stereocenters. The molecule has 5 rings (SSSR count). The molecule has 1 aliphatic heterocycles. The first-order valence-corrected chi connectivity index (χ1v) is 9.85. The monoisotopic (exact) mass is 403 g/mol. The molecule has 2 amide bonds. The molecule has 0 radical (unpaired) electrons. The Labute approximate surface area is 172 Å². The molecule has 1 aliphatic carbocycles. The highest BCUT2D eigenvalue weighted by Crippen LogP contribution is 2.29. The van der Waals surface area contributed by atoms with Gasteiger partial charge in [-0.15, -0.1) is 0 Å². The van der Waals surface area contributed by atoms with Gasteiger partial charge in [-0.25, -0.2) is 4.98 Å². The number of amides is 2. The number of carbonyl (C=O) groups excluding carboxylic acids is 2. The summed E-state index contributed by atoms with van der Waals surface area (Å²) < 4.78 is 1.72. The summed E-state index contributed by atoms with van der Waals surface area (Å²) in [6.07, 6.45) is 5.63. The molecule has 3 aromatic rings. The van der Waals surface area contributed by atoms with E-state index in [0.717, 1.165) is 29.9 Å². The van der Waals surface area contributed by atoms with Crippen molar-refractivity contribution in [2.75, 3.05) is 10.6 Å². The molecule has 1 saturated heterocycles. The Hall–Kier alpha value is -3.72. The lowest BCUT2D eigenvalue weighted by Crippen LogP contribution is -2.19. The molecule has 1 aromatic carbocycles. The molecule has 0 bridgehead atoms. The number of imide groups is 1. The number of nitrogens with zero attached hydrogens (tertiary/aromatic N) is 3. The normalized spacial score (nSPS) is 17.6. The predicted octanol–water partition coefficient (Wildman–Crippen LogP) is 1.94. The molecule has 0 spiro atoms. The summed E-state index contributed by atoms with van der Waals surface area (Å²) >= 11 is 0. The van der Waals surface area contributed by atoms with Gasteiger partial charge in [-0.3, -0.25) is 14.9 Å². The standard InChI is InChI=1S/C21H21N7O2/c22-10-12-1-3-15(4-2-12)24-17-9-18(25-16-5-6-16)28-20(26-17)14(11-23-28)7-13-8-19(29)27-21(13)30/h1-4,7,9,11,16,25H,5-6,8,10,22H2,(H,24,26)(H,27,29,30)/b13-7+. The van der Waals surface area contributed by atoms with Crippen LogP contribution >= 0.6 is 0 Å². The van der Waals surface area contributed by atoms with Crippen LogP contribution in [-0.4, -0.2) is 32.5 Å². The zero-order chi connectivity index (χ0) is 20.7. The van der Waals surface area contributed by atoms with Crippen molar-refractivity contribution in [3.63, 3.8) is 0 Å². The molecule has 2 fully saturated rings. The number of rotatable bonds is 6. The van der Waals surface area contributed by atoms with E-state index in [0.29, 0.717) is 35.2 Å². The third-order valence-corrected chi connectivity index (χ3v) is 5.12. The summed E-state index contributed by atoms with van der Waals surface area (Å²) in [5.74, 6) is 0.804. The first-order chi connectivity index (χ1) is 14.6. The van der Waals surface area contributed by atoms with E-state index >= 15 is 0 Å². The number of hydrogen-bond donors (Lipinski definition) is 4. The number of benzene rings is 1. The van der Waals surface area contributed by atoms with Gasteiger partial charge in [-0.05, 0) is 36.6 Å². The summed E-state index contributed by atoms with van der Waals surface area (Å²) in [7, 11) is 0. The van der Waals surface area contributed by atoms with Gasteiger partial charge in [0, 0.05) is 35.5 Å². The molecule has 9 nitrogen and oxygen atoms in total. The van der Waals surface area contributed by atoms with E-state index in [1.807, 2.05) is 30.3 Å². The van der Waals surface area contributed by atoms with Crippen molar-refractivity contribution in [3.8, 4) is 0 Å². The second-order valence-electron chi connectivity index (χ2n) is 7.53. The highest BCUT2D eigenvalue weighted by Gasteiger charge is 2.25. The SMILES string of the molecule is NCc1ccc(Nc2cc(NC3CC3)n3ncc(/C=C4\CC(=O)NC4=O)c3n2)cc1. The Bertz CT molecular complexity index is 1180. The number of anilines is 3. The van der Waals surface area contributed by atoms with Crippen molar-refractivity contribution in [1.29, 1.82) is 0 Å². The van der Waals surface area contributed by atoms with Gasteiger partial charge in [-0.2, -0.15) is 9.61 Å². The molecule has 5 N–H and O–H groups in total. The first-order valence-electron chi connectivity index (χ1n) is 9.85. The molecule has 1 saturated carbocycles. The number of nitrogens with two attached hydrogens (primary N) is 1. The summed E-state index contributed by atoms with van der Waals surface area (Å²) in [5, 5.41) is 13.5. The maximum Gasteiger partial charge on any atom is 0.254 e. The van der Waals surface area contributed by atoms with Crippen molar-refractivity contribution in [2.24, 2.45) is 5.73 Å². The van der Waals surface area contributed by atoms with E-state index < -0.39 is 0 Å². The fraction of sp³-hybridized carbons (Fsp3) is 0.238. The van der Waals surface area contributed by atoms with Crippen LogP contribution in [0.15, 0.2) is 42.1 Å². The minimum atomic E-state index is -0.370. The fourth-order valence-electron chi connectivity index (χ4n) is 3.37. The number of carbonyl (C=O) groups is 2. The second kappa shape index (κ2) is 7.27. The number of fused-ring (bicyclic) bond motifs is 1. The van der Waals surface area contributed by atoms with Crippen molar-refractivity contribution in [2.45, 2.75) is 31.8 Å². The van der Waals surface area contributed by atoms with Crippen LogP contribution in [0.1, 0.15) is 30.4 Å². The van der Waals surface area contributed by atoms with E-state index in [1.54, 1.807) is 16.8 Å². The van der Waals surface area contributed by atoms with Gasteiger partial charge >= 0.3 is 0 Å². The number of aromatic nitrogens is 3. The third-order valence-electron chi connectivity index (χ3n) is 5.12. The Morgan fingerprint density at radius 3 is 2.70 bits per heavy atom. The summed E-state index contributed by atoms with van der Waals surface area (Å²) in [5.41, 5.74) is 9.29. The van der Waals surface area contributed by atoms with Crippen LogP contribution in [-0.2, 0) is 16.1 Å². The van der Waals surface area contributed by atoms with E-state index in [-0.39, 0.29) is 18.2 Å². The lowest BCUT2D eigenvalue weighted by atomic mass is 10.1. The summed E-state index contributed by atoms with van der Waals surface area (Å²) in [6.45, 7) is 0.490. The lowest BCUT2D eigenvalue weighted by molar-refractivity contribution is -0.124. The third kappa shape index (κ3) is 3.62. The summed E-state index contributed by atoms with van der Waals surface area (Å²) in [6, 6.07) is 10.2. The topological polar surface area (TPSA) is 126 Å². The van der Waals surface area contributed by atoms with Crippen LogP contribution in [0.5, 0.6) is 0 Å². The Morgan fingerprint density at radius 1 is 1.23 bits per heavy atom. The Morgan fingerprint density at radius 2 is 2.03 bits per heavy atom. The maximum absolute atomic E-state index is 11.9. The number of nitrogens with one attached hydrogen (secondary N) is 3. The molecule has 9 heteroatoms. The van der Waals surface area contributed by atoms with Crippen molar-refractivity contribution in [1.82, 2.24) is 19.9 Å². The molecule has 30 heavy (non-hydrogen) atoms. The minimum Gasteiger partial charge on any atom is -0.367 e. The molecule has 2 aromatic heterocycles. The van der Waals surface area contributed by atoms with Gasteiger partial charge in [-0.1, -0.05) is 12.1 Å². The molecule has 2 aliphatic rings. The average Bonchev–Trinajstić information content (AvgIpc) is 3.37. The highest BCUT2D eigenvalue weighted by molar-refractivity contribution is 6.15. The fourth-order valence-corrected chi connectivity index (χ4v) is 3.37. The lowest BCUT2D eigenvalue weighted by Gasteiger charge is -2.12. The van der Waals surface area contributed by atoms with Gasteiger partial charge in [0.25, 0.3) is 5.91 Å². The molecule has 3 heterocycles. The largest absolute Gasteiger partial charge is 0.367 e. The van der Waals surface area contributed by atoms with Gasteiger partial charge in [0.05, 0.1) is 12.6 Å². The van der Waals surface area contributed by atoms with E-state index in [9.17, 15) is 9.59 Å². The second-order valence-corrected chi connectivity index (χ2v) is 7.53. The molecular weight excluding hydrogens is 382 g/mol. The number of hydrogen-bond acceptors (Lipinski definition) is 7. The maximum atomic E-state index is 11.9. The first kappa shape index (κ1) is 18.3. The van der Waals surface area contributed by atoms with Gasteiger partial charge < -0.3 is 16.4 Å². The van der Waals surface area contributed by atoms with E-state index in [2.05, 4.69) is 21.0 Å². The Balaban J connectivity index is 1.54. The molecular formula is C21H21N7O2. The quantitative estimate of drug-likeness (QED) is 0.366. The van der Waals surface area contributed by atoms with E-state index in [1.165, 1.54) is 0 Å². The smallest absolute Gasteiger partial charge is 0.254 e. The van der Waals surface area contributed by atoms with Gasteiger partial charge in [0.2, 0.25) is 5.91 Å². The molecule has 0 atom stereocenters. The van der Waals surface area contributed by atoms with Gasteiger partial charge in [0.15, 0.2) is 5.65 Å². The predicted molar refractivity (Wildman–Crippen MR) is 113 cm³/mol. The highest BCUT2D eigenvalue weighted by atomic mass is 16.2. The average molecular weight is 403 g/mol. The van der Waals surface area contributed by atoms with E-state index in [4.69, 9.17) is 10.7 Å². The van der Waals surface area contributed by atoms with Crippen molar-refractivity contribution < 1.29 is 9.59 Å². The van der Waals surface area contributed by atoms with Crippen LogP contribution in [0.4, 0.5) is 17.3 Å². The zero-order valence-corrected chi connectivity index (χ0v) is 16.2. The van der Waals surface area contributed by atoms with Crippen LogP contribution in [0.3, 0.4) is 0 Å². The van der Waals surface area contributed by atoms with Crippen LogP contribution in [0, 0.1) is 0 Å². The zero-order valence-electron chi connectivity index (χ0n) is 16.2. The Kier molecular flexibility index (Phi) is 4.44. The van der Waals surface area contributed by atoms with Crippen LogP contribution in [0.2, 0.25) is 0 Å². The molecule has 152 valence electrons. The van der Waals surface area contributed by atoms with Gasteiger partial charge in [0.1, 0.15) is 11.6 Å². The van der Waals surface area contributed by atoms with Crippen molar-refractivity contribution >= 4 is 40.9 Å². The summed E-state index contributed by atoms with van der Waals surface area (Å²) in [4.78, 5) is 28.2.